The molecule has 0 radical (unpaired) electrons. The number of rotatable bonds is 7. The van der Waals surface area contributed by atoms with Crippen LogP contribution in [0.25, 0.3) is 0 Å². The molecule has 1 unspecified atom stereocenters. The molecule has 0 saturated carbocycles. The first kappa shape index (κ1) is 30.7. The minimum Gasteiger partial charge on any atom is -0.497 e. The lowest BCUT2D eigenvalue weighted by Crippen LogP contribution is -2.58. The van der Waals surface area contributed by atoms with Crippen molar-refractivity contribution in [3.63, 3.8) is 0 Å². The maximum atomic E-state index is 14.9. The first-order valence-corrected chi connectivity index (χ1v) is 14.7. The molecule has 6 rings (SSSR count). The van der Waals surface area contributed by atoms with E-state index in [9.17, 15) is 23.2 Å². The van der Waals surface area contributed by atoms with E-state index in [1.54, 1.807) is 21.6 Å². The highest BCUT2D eigenvalue weighted by molar-refractivity contribution is 5.99. The standard InChI is InChI=1S/C32H35F2N5O6/c1-18-11-12-32(26-17-36(18)31(42)27-29(44-4)28(40)24(30(35)41)16-37(26)27)38(14-20-5-9-23(43-3)10-6-20)19(2)39(45-32)15-21-7-8-22(33)13-25(21)34/h5-10,13,16,18-19,26H,11-12,14-15,17H2,1-4H3,(H2,35,41)/t18-,19?,26+,32+/m0/s1. The Balaban J connectivity index is 1.53. The van der Waals surface area contributed by atoms with Gasteiger partial charge in [-0.25, -0.2) is 8.78 Å². The van der Waals surface area contributed by atoms with Crippen molar-refractivity contribution < 1.29 is 32.7 Å². The number of benzene rings is 2. The van der Waals surface area contributed by atoms with Crippen LogP contribution in [0, 0.1) is 11.6 Å². The lowest BCUT2D eigenvalue weighted by atomic mass is 9.93. The summed E-state index contributed by atoms with van der Waals surface area (Å²) < 4.78 is 41.0. The molecule has 0 aliphatic carbocycles. The van der Waals surface area contributed by atoms with Gasteiger partial charge in [-0.15, -0.1) is 0 Å². The van der Waals surface area contributed by atoms with Crippen LogP contribution in [0.3, 0.4) is 0 Å². The number of methoxy groups -OCH3 is 2. The van der Waals surface area contributed by atoms with Gasteiger partial charge < -0.3 is 24.7 Å². The van der Waals surface area contributed by atoms with E-state index in [1.807, 2.05) is 38.1 Å². The van der Waals surface area contributed by atoms with Crippen molar-refractivity contribution in [2.75, 3.05) is 20.8 Å². The lowest BCUT2D eigenvalue weighted by molar-refractivity contribution is -0.241. The van der Waals surface area contributed by atoms with Crippen LogP contribution in [0.4, 0.5) is 8.78 Å². The highest BCUT2D eigenvalue weighted by Gasteiger charge is 2.60. The Morgan fingerprint density at radius 1 is 1.07 bits per heavy atom. The van der Waals surface area contributed by atoms with Crippen molar-refractivity contribution >= 4 is 11.8 Å². The van der Waals surface area contributed by atoms with Gasteiger partial charge in [-0.05, 0) is 50.5 Å². The topological polar surface area (TPSA) is 120 Å². The largest absolute Gasteiger partial charge is 0.497 e. The Kier molecular flexibility index (Phi) is 7.88. The molecule has 1 aromatic heterocycles. The number of hydroxylamine groups is 2. The third kappa shape index (κ3) is 5.04. The Hall–Kier alpha value is -4.33. The zero-order valence-electron chi connectivity index (χ0n) is 25.5. The summed E-state index contributed by atoms with van der Waals surface area (Å²) in [4.78, 5) is 50.3. The molecule has 2 fully saturated rings. The summed E-state index contributed by atoms with van der Waals surface area (Å²) in [5.74, 6) is -2.31. The van der Waals surface area contributed by atoms with Crippen LogP contribution < -0.4 is 20.6 Å². The van der Waals surface area contributed by atoms with Gasteiger partial charge in [-0.3, -0.25) is 24.1 Å². The van der Waals surface area contributed by atoms with E-state index in [2.05, 4.69) is 4.90 Å². The number of pyridine rings is 1. The number of aromatic nitrogens is 1. The second kappa shape index (κ2) is 11.5. The number of nitrogens with two attached hydrogens (primary N) is 1. The third-order valence-corrected chi connectivity index (χ3v) is 9.29. The fraction of sp³-hybridized carbons (Fsp3) is 0.406. The molecule has 3 aliphatic heterocycles. The Labute approximate surface area is 258 Å². The van der Waals surface area contributed by atoms with Crippen LogP contribution >= 0.6 is 0 Å². The van der Waals surface area contributed by atoms with E-state index in [0.717, 1.165) is 11.6 Å². The van der Waals surface area contributed by atoms with Crippen molar-refractivity contribution in [1.29, 1.82) is 0 Å². The monoisotopic (exact) mass is 623 g/mol. The minimum atomic E-state index is -1.15. The first-order chi connectivity index (χ1) is 21.5. The molecule has 2 amide bonds. The molecule has 1 spiro atoms. The molecule has 11 nitrogen and oxygen atoms in total. The molecule has 4 atom stereocenters. The van der Waals surface area contributed by atoms with Gasteiger partial charge in [0, 0.05) is 37.0 Å². The van der Waals surface area contributed by atoms with Gasteiger partial charge >= 0.3 is 0 Å². The lowest BCUT2D eigenvalue weighted by Gasteiger charge is -2.46. The maximum Gasteiger partial charge on any atom is 0.274 e. The van der Waals surface area contributed by atoms with Crippen molar-refractivity contribution in [1.82, 2.24) is 19.4 Å². The number of amides is 2. The number of hydrogen-bond acceptors (Lipinski definition) is 8. The predicted molar refractivity (Wildman–Crippen MR) is 158 cm³/mol. The molecule has 45 heavy (non-hydrogen) atoms. The molecule has 4 heterocycles. The SMILES string of the molecule is COc1ccc(CN2C(C)N(Cc3ccc(F)cc3F)O[C@@]23CC[C@H](C)N2C[C@H]3n3cc(C(N)=O)c(=O)c(OC)c3C2=O)cc1. The fourth-order valence-corrected chi connectivity index (χ4v) is 6.82. The normalized spacial score (nSPS) is 24.9. The highest BCUT2D eigenvalue weighted by Crippen LogP contribution is 2.49. The maximum absolute atomic E-state index is 14.9. The average molecular weight is 624 g/mol. The van der Waals surface area contributed by atoms with E-state index in [4.69, 9.17) is 20.0 Å². The molecular formula is C32H35F2N5O6. The summed E-state index contributed by atoms with van der Waals surface area (Å²) in [6, 6.07) is 10.1. The van der Waals surface area contributed by atoms with E-state index >= 15 is 0 Å². The molecule has 2 aromatic carbocycles. The molecule has 3 aliphatic rings. The van der Waals surface area contributed by atoms with Crippen LogP contribution in [0.15, 0.2) is 53.5 Å². The van der Waals surface area contributed by atoms with Crippen molar-refractivity contribution in [2.45, 2.75) is 63.8 Å². The summed E-state index contributed by atoms with van der Waals surface area (Å²) in [5.41, 5.74) is 4.57. The van der Waals surface area contributed by atoms with E-state index in [0.29, 0.717) is 25.1 Å². The molecule has 3 aromatic rings. The van der Waals surface area contributed by atoms with Crippen LogP contribution in [0.5, 0.6) is 11.5 Å². The van der Waals surface area contributed by atoms with Crippen LogP contribution in [0.2, 0.25) is 0 Å². The van der Waals surface area contributed by atoms with Crippen LogP contribution in [0.1, 0.15) is 64.7 Å². The zero-order valence-corrected chi connectivity index (χ0v) is 25.5. The van der Waals surface area contributed by atoms with E-state index in [-0.39, 0.29) is 41.7 Å². The van der Waals surface area contributed by atoms with Gasteiger partial charge in [0.1, 0.15) is 22.9 Å². The van der Waals surface area contributed by atoms with Gasteiger partial charge in [0.2, 0.25) is 5.43 Å². The molecule has 2 bridgehead atoms. The fourth-order valence-electron chi connectivity index (χ4n) is 6.82. The number of hydrogen-bond donors (Lipinski definition) is 1. The summed E-state index contributed by atoms with van der Waals surface area (Å²) >= 11 is 0. The summed E-state index contributed by atoms with van der Waals surface area (Å²) in [7, 11) is 2.86. The van der Waals surface area contributed by atoms with Crippen LogP contribution in [-0.4, -0.2) is 69.9 Å². The van der Waals surface area contributed by atoms with E-state index < -0.39 is 46.8 Å². The summed E-state index contributed by atoms with van der Waals surface area (Å²) in [5, 5.41) is 1.66. The number of primary amides is 1. The molecule has 238 valence electrons. The van der Waals surface area contributed by atoms with Gasteiger partial charge in [0.05, 0.1) is 33.0 Å². The Morgan fingerprint density at radius 3 is 2.44 bits per heavy atom. The molecule has 2 saturated heterocycles. The Morgan fingerprint density at radius 2 is 1.80 bits per heavy atom. The smallest absolute Gasteiger partial charge is 0.274 e. The van der Waals surface area contributed by atoms with Gasteiger partial charge in [0.15, 0.2) is 17.2 Å². The average Bonchev–Trinajstić information content (AvgIpc) is 3.19. The summed E-state index contributed by atoms with van der Waals surface area (Å²) in [6.45, 7) is 4.46. The molecule has 13 heteroatoms. The second-order valence-corrected chi connectivity index (χ2v) is 11.7. The molecule has 2 N–H and O–H groups in total. The van der Waals surface area contributed by atoms with Crippen molar-refractivity contribution in [3.05, 3.63) is 92.9 Å². The zero-order chi connectivity index (χ0) is 32.2. The quantitative estimate of drug-likeness (QED) is 0.426. The minimum absolute atomic E-state index is 0.000513. The van der Waals surface area contributed by atoms with Gasteiger partial charge in [-0.2, -0.15) is 5.06 Å². The number of ether oxygens (including phenoxy) is 2. The Bertz CT molecular complexity index is 1720. The van der Waals surface area contributed by atoms with Crippen LogP contribution in [-0.2, 0) is 17.9 Å². The highest BCUT2D eigenvalue weighted by atomic mass is 19.1. The predicted octanol–water partition coefficient (Wildman–Crippen LogP) is 3.41. The number of nitrogens with zero attached hydrogens (tertiary/aromatic N) is 4. The van der Waals surface area contributed by atoms with E-state index in [1.165, 1.54) is 25.4 Å². The number of halogens is 2. The van der Waals surface area contributed by atoms with Gasteiger partial charge in [0.25, 0.3) is 11.8 Å². The number of fused-ring (bicyclic) bond motifs is 5. The van der Waals surface area contributed by atoms with Gasteiger partial charge in [-0.1, -0.05) is 18.2 Å². The first-order valence-electron chi connectivity index (χ1n) is 14.7. The molecular weight excluding hydrogens is 588 g/mol. The van der Waals surface area contributed by atoms with Crippen molar-refractivity contribution in [3.8, 4) is 11.5 Å². The number of carbonyl (C=O) groups is 2. The summed E-state index contributed by atoms with van der Waals surface area (Å²) in [6.07, 6.45) is 1.86. The second-order valence-electron chi connectivity index (χ2n) is 11.7. The van der Waals surface area contributed by atoms with Crippen molar-refractivity contribution in [2.24, 2.45) is 5.73 Å². The number of carbonyl (C=O) groups excluding carboxylic acids is 2. The third-order valence-electron chi connectivity index (χ3n) is 9.29.